The molecule has 5 aromatic carbocycles. The number of azo groups is 2. The molecule has 0 spiro atoms. The molecule has 48 heavy (non-hydrogen) atoms. The molecular weight excluding hydrogens is 680 g/mol. The smallest absolute Gasteiger partial charge is 0.871 e. The third-order valence-corrected chi connectivity index (χ3v) is 8.51. The first-order valence-electron chi connectivity index (χ1n) is 13.4. The number of anilines is 2. The molecule has 5 rings (SSSR count). The van der Waals surface area contributed by atoms with Gasteiger partial charge in [0.25, 0.3) is 10.1 Å². The van der Waals surface area contributed by atoms with Crippen molar-refractivity contribution in [3.05, 3.63) is 96.1 Å². The third-order valence-electron chi connectivity index (χ3n) is 6.78. The summed E-state index contributed by atoms with van der Waals surface area (Å²) >= 11 is 0. The van der Waals surface area contributed by atoms with Crippen LogP contribution in [0.1, 0.15) is 11.1 Å². The van der Waals surface area contributed by atoms with Gasteiger partial charge in [-0.15, -0.1) is 15.3 Å². The molecule has 0 radical (unpaired) electrons. The number of benzene rings is 5. The second-order valence-corrected chi connectivity index (χ2v) is 12.8. The predicted octanol–water partition coefficient (Wildman–Crippen LogP) is 1.27. The van der Waals surface area contributed by atoms with Crippen molar-refractivity contribution in [1.82, 2.24) is 0 Å². The van der Waals surface area contributed by atoms with Crippen LogP contribution in [0.4, 0.5) is 34.1 Å². The van der Waals surface area contributed by atoms with Crippen molar-refractivity contribution >= 4 is 65.1 Å². The average Bonchev–Trinajstić information content (AvgIpc) is 3.00. The number of hydrogen-bond donors (Lipinski definition) is 2. The van der Waals surface area contributed by atoms with Crippen LogP contribution in [-0.4, -0.2) is 33.1 Å². The molecule has 5 aromatic rings. The van der Waals surface area contributed by atoms with Crippen molar-refractivity contribution in [2.24, 2.45) is 20.5 Å². The van der Waals surface area contributed by atoms with Crippen LogP contribution in [0.2, 0.25) is 0 Å². The number of aryl methyl sites for hydroxylation is 2. The van der Waals surface area contributed by atoms with Gasteiger partial charge >= 0.3 is 59.1 Å². The van der Waals surface area contributed by atoms with Crippen molar-refractivity contribution in [1.29, 1.82) is 0 Å². The van der Waals surface area contributed by atoms with E-state index in [-0.39, 0.29) is 92.7 Å². The third kappa shape index (κ3) is 9.06. The molecule has 0 aliphatic heterocycles. The van der Waals surface area contributed by atoms with Crippen LogP contribution in [0.5, 0.6) is 11.5 Å². The number of nitrogens with zero attached hydrogens (tertiary/aromatic N) is 4. The Kier molecular flexibility index (Phi) is 13.1. The number of ether oxygens (including phenoxy) is 1. The summed E-state index contributed by atoms with van der Waals surface area (Å²) in [5, 5.41) is 33.0. The number of methoxy groups -OCH3 is 1. The maximum absolute atomic E-state index is 13.4. The van der Waals surface area contributed by atoms with Gasteiger partial charge in [-0.3, -0.25) is 4.55 Å². The van der Waals surface area contributed by atoms with Gasteiger partial charge in [0.15, 0.2) is 0 Å². The summed E-state index contributed by atoms with van der Waals surface area (Å²) in [6.45, 7) is 3.26. The molecule has 0 aliphatic carbocycles. The second kappa shape index (κ2) is 16.0. The van der Waals surface area contributed by atoms with Crippen molar-refractivity contribution in [3.63, 3.8) is 0 Å². The van der Waals surface area contributed by atoms with E-state index in [1.807, 2.05) is 30.3 Å². The van der Waals surface area contributed by atoms with E-state index in [1.54, 1.807) is 32.0 Å². The van der Waals surface area contributed by atoms with E-state index in [4.69, 9.17) is 4.74 Å². The summed E-state index contributed by atoms with van der Waals surface area (Å²) in [5.74, 6) is -0.675. The van der Waals surface area contributed by atoms with Crippen molar-refractivity contribution in [2.75, 3.05) is 12.4 Å². The standard InChI is InChI=1S/C31H27N5O8S2.2Na/c1-18-9-12-24(28(13-18)45(38,39)40)33-34-25-17-27(44-3)26(14-19(25)2)35-36-30-29(46(41,42)43)16-20-15-22(10-11-23(20)31(30)37)32-21-7-5-4-6-8-21;;/h4-17,32,37H,1-3H3,(H,38,39,40)(H,41,42,43);;/q;2*+1/p-2. The fourth-order valence-corrected chi connectivity index (χ4v) is 5.87. The van der Waals surface area contributed by atoms with Gasteiger partial charge in [0, 0.05) is 17.4 Å². The Morgan fingerprint density at radius 2 is 1.40 bits per heavy atom. The van der Waals surface area contributed by atoms with E-state index in [0.29, 0.717) is 16.8 Å². The first-order valence-corrected chi connectivity index (χ1v) is 16.3. The average molecular weight is 706 g/mol. The largest absolute Gasteiger partial charge is 1.00 e. The Bertz CT molecular complexity index is 2270. The molecular formula is C31H25N5Na2O8S2. The van der Waals surface area contributed by atoms with Crippen LogP contribution >= 0.6 is 0 Å². The second-order valence-electron chi connectivity index (χ2n) is 10.1. The number of para-hydroxylation sites is 1. The van der Waals surface area contributed by atoms with Crippen LogP contribution < -0.4 is 74.3 Å². The Hall–Kier alpha value is -3.22. The summed E-state index contributed by atoms with van der Waals surface area (Å²) in [5.41, 5.74) is 1.94. The van der Waals surface area contributed by atoms with Crippen LogP contribution in [-0.2, 0) is 20.2 Å². The van der Waals surface area contributed by atoms with E-state index in [9.17, 15) is 31.0 Å². The molecule has 17 heteroatoms. The van der Waals surface area contributed by atoms with E-state index in [2.05, 4.69) is 25.8 Å². The van der Waals surface area contributed by atoms with Crippen molar-refractivity contribution in [3.8, 4) is 11.5 Å². The molecule has 0 saturated heterocycles. The van der Waals surface area contributed by atoms with Gasteiger partial charge in [-0.05, 0) is 84.3 Å². The zero-order chi connectivity index (χ0) is 33.2. The van der Waals surface area contributed by atoms with Crippen LogP contribution in [0, 0.1) is 13.8 Å². The van der Waals surface area contributed by atoms with E-state index in [0.717, 1.165) is 11.8 Å². The fourth-order valence-electron chi connectivity index (χ4n) is 4.52. The van der Waals surface area contributed by atoms with Gasteiger partial charge in [0.2, 0.25) is 0 Å². The zero-order valence-corrected chi connectivity index (χ0v) is 32.1. The van der Waals surface area contributed by atoms with Gasteiger partial charge in [-0.25, -0.2) is 8.42 Å². The predicted molar refractivity (Wildman–Crippen MR) is 168 cm³/mol. The number of nitrogens with one attached hydrogen (secondary N) is 1. The van der Waals surface area contributed by atoms with Crippen LogP contribution in [0.3, 0.4) is 0 Å². The first-order chi connectivity index (χ1) is 21.7. The Labute approximate surface area is 321 Å². The quantitative estimate of drug-likeness (QED) is 0.129. The van der Waals surface area contributed by atoms with Gasteiger partial charge < -0.3 is 19.7 Å². The molecule has 0 heterocycles. The van der Waals surface area contributed by atoms with E-state index >= 15 is 0 Å². The first kappa shape index (κ1) is 39.2. The van der Waals surface area contributed by atoms with Gasteiger partial charge in [0.1, 0.15) is 32.1 Å². The topological polar surface area (TPSA) is 205 Å². The van der Waals surface area contributed by atoms with Crippen LogP contribution in [0.25, 0.3) is 10.8 Å². The van der Waals surface area contributed by atoms with Gasteiger partial charge in [0.05, 0.1) is 23.4 Å². The van der Waals surface area contributed by atoms with Crippen molar-refractivity contribution in [2.45, 2.75) is 23.6 Å². The molecule has 13 nitrogen and oxygen atoms in total. The molecule has 0 bridgehead atoms. The molecule has 2 N–H and O–H groups in total. The van der Waals surface area contributed by atoms with Gasteiger partial charge in [-0.1, -0.05) is 36.1 Å². The summed E-state index contributed by atoms with van der Waals surface area (Å²) < 4.78 is 75.2. The minimum atomic E-state index is -4.90. The van der Waals surface area contributed by atoms with Gasteiger partial charge in [-0.2, -0.15) is 13.5 Å². The zero-order valence-electron chi connectivity index (χ0n) is 26.5. The summed E-state index contributed by atoms with van der Waals surface area (Å²) in [7, 11) is -8.39. The number of fused-ring (bicyclic) bond motifs is 1. The molecule has 0 amide bonds. The maximum atomic E-state index is 13.4. The molecule has 0 fully saturated rings. The van der Waals surface area contributed by atoms with E-state index in [1.165, 1.54) is 37.4 Å². The molecule has 0 aromatic heterocycles. The van der Waals surface area contributed by atoms with Crippen LogP contribution in [0.15, 0.2) is 115 Å². The summed E-state index contributed by atoms with van der Waals surface area (Å²) in [6.07, 6.45) is 0. The number of rotatable bonds is 9. The Morgan fingerprint density at radius 1 is 0.729 bits per heavy atom. The molecule has 0 aliphatic rings. The van der Waals surface area contributed by atoms with E-state index < -0.39 is 41.5 Å². The monoisotopic (exact) mass is 705 g/mol. The minimum absolute atomic E-state index is 0. The molecule has 236 valence electrons. The Morgan fingerprint density at radius 3 is 2.04 bits per heavy atom. The Balaban J connectivity index is 0.00000312. The normalized spacial score (nSPS) is 11.8. The minimum Gasteiger partial charge on any atom is -0.871 e. The molecule has 0 atom stereocenters. The molecule has 0 saturated carbocycles. The van der Waals surface area contributed by atoms with Crippen molar-refractivity contribution < 1.29 is 94.9 Å². The summed E-state index contributed by atoms with van der Waals surface area (Å²) in [6, 6.07) is 22.1. The molecule has 0 unspecified atom stereocenters. The SMILES string of the molecule is COc1cc(N=Nc2ccc(C)cc2S(=O)(=O)[O-])c(C)cc1N=Nc1c(S(=O)(=O)O)cc2cc(Nc3ccccc3)ccc2c1[O-].[Na+].[Na+]. The fraction of sp³-hybridized carbons (Fsp3) is 0.0968. The maximum Gasteiger partial charge on any atom is 1.00 e. The number of hydrogen-bond acceptors (Lipinski definition) is 12. The summed E-state index contributed by atoms with van der Waals surface area (Å²) in [4.78, 5) is -1.25.